The smallest absolute Gasteiger partial charge is 0.328 e. The number of ether oxygens (including phenoxy) is 2. The van der Waals surface area contributed by atoms with Crippen LogP contribution < -0.4 is 5.32 Å². The van der Waals surface area contributed by atoms with E-state index in [1.54, 1.807) is 14.0 Å². The molecule has 1 aliphatic heterocycles. The molecule has 1 saturated heterocycles. The van der Waals surface area contributed by atoms with Crippen LogP contribution >= 0.6 is 0 Å². The molecule has 0 bridgehead atoms. The van der Waals surface area contributed by atoms with E-state index in [4.69, 9.17) is 9.47 Å². The fourth-order valence-corrected chi connectivity index (χ4v) is 1.62. The summed E-state index contributed by atoms with van der Waals surface area (Å²) in [5.41, 5.74) is -0.891. The number of hydrogen-bond donors (Lipinski definition) is 1. The molecule has 1 fully saturated rings. The first-order chi connectivity index (χ1) is 5.90. The van der Waals surface area contributed by atoms with Crippen molar-refractivity contribution in [1.82, 2.24) is 5.32 Å². The summed E-state index contributed by atoms with van der Waals surface area (Å²) in [6, 6.07) is 0. The first kappa shape index (κ1) is 10.5. The molecule has 0 aromatic heterocycles. The molecule has 4 nitrogen and oxygen atoms in total. The summed E-state index contributed by atoms with van der Waals surface area (Å²) >= 11 is 0. The van der Waals surface area contributed by atoms with Crippen LogP contribution in [0.1, 0.15) is 20.8 Å². The molecule has 1 N–H and O–H groups in total. The van der Waals surface area contributed by atoms with Gasteiger partial charge in [-0.05, 0) is 20.8 Å². The van der Waals surface area contributed by atoms with Crippen LogP contribution in [-0.2, 0) is 14.3 Å². The van der Waals surface area contributed by atoms with E-state index in [0.29, 0.717) is 13.2 Å². The predicted molar refractivity (Wildman–Crippen MR) is 48.5 cm³/mol. The van der Waals surface area contributed by atoms with E-state index in [0.717, 1.165) is 0 Å². The molecule has 1 heterocycles. The third kappa shape index (κ3) is 2.19. The molecule has 4 heteroatoms. The minimum Gasteiger partial charge on any atom is -0.462 e. The molecule has 0 radical (unpaired) electrons. The number of methoxy groups -OCH3 is 1. The first-order valence-corrected chi connectivity index (χ1v) is 4.35. The number of nitrogens with one attached hydrogen (secondary N) is 1. The number of morpholine rings is 1. The van der Waals surface area contributed by atoms with Crippen molar-refractivity contribution in [3.05, 3.63) is 0 Å². The predicted octanol–water partition coefficient (Wildman–Crippen LogP) is 0.316. The van der Waals surface area contributed by atoms with E-state index < -0.39 is 5.54 Å². The molecule has 0 saturated carbocycles. The zero-order chi connectivity index (χ0) is 10.1. The van der Waals surface area contributed by atoms with E-state index in [2.05, 4.69) is 5.32 Å². The van der Waals surface area contributed by atoms with Crippen molar-refractivity contribution in [2.45, 2.75) is 31.8 Å². The van der Waals surface area contributed by atoms with Crippen molar-refractivity contribution in [1.29, 1.82) is 0 Å². The van der Waals surface area contributed by atoms with Crippen molar-refractivity contribution in [2.24, 2.45) is 0 Å². The van der Waals surface area contributed by atoms with Gasteiger partial charge in [-0.1, -0.05) is 0 Å². The largest absolute Gasteiger partial charge is 0.462 e. The number of esters is 1. The van der Waals surface area contributed by atoms with Gasteiger partial charge in [0.25, 0.3) is 0 Å². The number of carbonyl (C=O) groups is 1. The lowest BCUT2D eigenvalue weighted by molar-refractivity contribution is -0.164. The second-order valence-corrected chi connectivity index (χ2v) is 4.35. The summed E-state index contributed by atoms with van der Waals surface area (Å²) in [6.45, 7) is 6.51. The van der Waals surface area contributed by atoms with Crippen LogP contribution in [-0.4, -0.2) is 37.4 Å². The standard InChI is InChI=1S/C9H17NO3/c1-8(2)5-13-7(11)9(3,10-8)6-12-4/h10H,5-6H2,1-4H3. The summed E-state index contributed by atoms with van der Waals surface area (Å²) in [4.78, 5) is 11.4. The fourth-order valence-electron chi connectivity index (χ4n) is 1.62. The Morgan fingerprint density at radius 2 is 2.15 bits per heavy atom. The van der Waals surface area contributed by atoms with Gasteiger partial charge in [0.05, 0.1) is 6.61 Å². The second kappa shape index (κ2) is 3.27. The number of hydrogen-bond acceptors (Lipinski definition) is 4. The molecule has 0 amide bonds. The Morgan fingerprint density at radius 3 is 2.69 bits per heavy atom. The van der Waals surface area contributed by atoms with Gasteiger partial charge in [0, 0.05) is 12.6 Å². The van der Waals surface area contributed by atoms with Crippen LogP contribution in [0.25, 0.3) is 0 Å². The average molecular weight is 187 g/mol. The zero-order valence-electron chi connectivity index (χ0n) is 8.64. The van der Waals surface area contributed by atoms with Crippen LogP contribution in [0.2, 0.25) is 0 Å². The number of rotatable bonds is 2. The van der Waals surface area contributed by atoms with Crippen molar-refractivity contribution in [2.75, 3.05) is 20.3 Å². The van der Waals surface area contributed by atoms with Crippen molar-refractivity contribution >= 4 is 5.97 Å². The Labute approximate surface area is 78.6 Å². The van der Waals surface area contributed by atoms with E-state index in [1.165, 1.54) is 0 Å². The molecule has 0 spiro atoms. The Morgan fingerprint density at radius 1 is 1.54 bits per heavy atom. The minimum atomic E-state index is -0.712. The maximum absolute atomic E-state index is 11.4. The molecular formula is C9H17NO3. The average Bonchev–Trinajstić information content (AvgIpc) is 1.97. The topological polar surface area (TPSA) is 47.6 Å². The molecule has 0 aromatic rings. The normalized spacial score (nSPS) is 32.8. The van der Waals surface area contributed by atoms with Gasteiger partial charge in [0.1, 0.15) is 12.1 Å². The summed E-state index contributed by atoms with van der Waals surface area (Å²) < 4.78 is 10.1. The molecule has 1 unspecified atom stereocenters. The Balaban J connectivity index is 2.75. The van der Waals surface area contributed by atoms with Crippen molar-refractivity contribution < 1.29 is 14.3 Å². The molecule has 0 aromatic carbocycles. The quantitative estimate of drug-likeness (QED) is 0.632. The third-order valence-corrected chi connectivity index (χ3v) is 2.06. The minimum absolute atomic E-state index is 0.179. The Bertz CT molecular complexity index is 215. The second-order valence-electron chi connectivity index (χ2n) is 4.35. The summed E-state index contributed by atoms with van der Waals surface area (Å²) in [5, 5.41) is 3.22. The van der Waals surface area contributed by atoms with Gasteiger partial charge < -0.3 is 9.47 Å². The molecule has 1 atom stereocenters. The van der Waals surface area contributed by atoms with Crippen molar-refractivity contribution in [3.8, 4) is 0 Å². The first-order valence-electron chi connectivity index (χ1n) is 4.35. The van der Waals surface area contributed by atoms with Crippen LogP contribution in [0, 0.1) is 0 Å². The van der Waals surface area contributed by atoms with Gasteiger partial charge in [-0.15, -0.1) is 0 Å². The monoisotopic (exact) mass is 187 g/mol. The molecular weight excluding hydrogens is 170 g/mol. The molecule has 1 rings (SSSR count). The summed E-state index contributed by atoms with van der Waals surface area (Å²) in [7, 11) is 1.57. The third-order valence-electron chi connectivity index (χ3n) is 2.06. The maximum atomic E-state index is 11.4. The van der Waals surface area contributed by atoms with Crippen LogP contribution in [0.15, 0.2) is 0 Å². The van der Waals surface area contributed by atoms with Crippen molar-refractivity contribution in [3.63, 3.8) is 0 Å². The highest BCUT2D eigenvalue weighted by molar-refractivity contribution is 5.81. The van der Waals surface area contributed by atoms with Crippen LogP contribution in [0.5, 0.6) is 0 Å². The van der Waals surface area contributed by atoms with E-state index in [9.17, 15) is 4.79 Å². The molecule has 0 aliphatic carbocycles. The highest BCUT2D eigenvalue weighted by atomic mass is 16.5. The lowest BCUT2D eigenvalue weighted by atomic mass is 9.94. The number of cyclic esters (lactones) is 1. The van der Waals surface area contributed by atoms with Gasteiger partial charge in [-0.3, -0.25) is 5.32 Å². The lowest BCUT2D eigenvalue weighted by Crippen LogP contribution is -2.66. The zero-order valence-corrected chi connectivity index (χ0v) is 8.64. The van der Waals surface area contributed by atoms with E-state index >= 15 is 0 Å². The van der Waals surface area contributed by atoms with Gasteiger partial charge in [-0.2, -0.15) is 0 Å². The van der Waals surface area contributed by atoms with Gasteiger partial charge in [-0.25, -0.2) is 4.79 Å². The van der Waals surface area contributed by atoms with Gasteiger partial charge in [0.15, 0.2) is 0 Å². The Hall–Kier alpha value is -0.610. The van der Waals surface area contributed by atoms with Crippen LogP contribution in [0.4, 0.5) is 0 Å². The lowest BCUT2D eigenvalue weighted by Gasteiger charge is -2.41. The highest BCUT2D eigenvalue weighted by Crippen LogP contribution is 2.20. The van der Waals surface area contributed by atoms with E-state index in [1.807, 2.05) is 13.8 Å². The van der Waals surface area contributed by atoms with E-state index in [-0.39, 0.29) is 11.5 Å². The fraction of sp³-hybridized carbons (Fsp3) is 0.889. The SMILES string of the molecule is COCC1(C)NC(C)(C)COC1=O. The molecule has 1 aliphatic rings. The summed E-state index contributed by atoms with van der Waals surface area (Å²) in [5.74, 6) is -0.242. The molecule has 13 heavy (non-hydrogen) atoms. The number of carbonyl (C=O) groups excluding carboxylic acids is 1. The molecule has 76 valence electrons. The Kier molecular flexibility index (Phi) is 2.63. The summed E-state index contributed by atoms with van der Waals surface area (Å²) in [6.07, 6.45) is 0. The highest BCUT2D eigenvalue weighted by Gasteiger charge is 2.44. The van der Waals surface area contributed by atoms with Crippen LogP contribution in [0.3, 0.4) is 0 Å². The van der Waals surface area contributed by atoms with Gasteiger partial charge in [0.2, 0.25) is 0 Å². The van der Waals surface area contributed by atoms with Gasteiger partial charge >= 0.3 is 5.97 Å². The maximum Gasteiger partial charge on any atom is 0.328 e.